The van der Waals surface area contributed by atoms with Crippen LogP contribution in [0.2, 0.25) is 10.0 Å². The second kappa shape index (κ2) is 5.71. The summed E-state index contributed by atoms with van der Waals surface area (Å²) in [6.45, 7) is 0. The lowest BCUT2D eigenvalue weighted by Gasteiger charge is -2.04. The van der Waals surface area contributed by atoms with Crippen LogP contribution in [0.5, 0.6) is 0 Å². The van der Waals surface area contributed by atoms with Crippen molar-refractivity contribution in [2.75, 3.05) is 5.32 Å². The summed E-state index contributed by atoms with van der Waals surface area (Å²) in [5.74, 6) is 0. The van der Waals surface area contributed by atoms with Crippen molar-refractivity contribution >= 4 is 46.1 Å². The molecule has 3 N–H and O–H groups in total. The van der Waals surface area contributed by atoms with Crippen LogP contribution < -0.4 is 11.1 Å². The molecular weight excluding hydrogens is 265 g/mol. The quantitative estimate of drug-likeness (QED) is 0.504. The van der Waals surface area contributed by atoms with Gasteiger partial charge in [-0.3, -0.25) is 0 Å². The third-order valence-electron chi connectivity index (χ3n) is 1.69. The van der Waals surface area contributed by atoms with Gasteiger partial charge in [-0.1, -0.05) is 35.4 Å². The lowest BCUT2D eigenvalue weighted by molar-refractivity contribution is 1.49. The fourth-order valence-electron chi connectivity index (χ4n) is 0.917. The molecular formula is C10H7Cl2N3S. The number of nitrogens with one attached hydrogen (secondary N) is 1. The Morgan fingerprint density at radius 3 is 2.75 bits per heavy atom. The topological polar surface area (TPSA) is 61.8 Å². The van der Waals surface area contributed by atoms with Crippen LogP contribution in [0.25, 0.3) is 0 Å². The molecule has 0 radical (unpaired) electrons. The van der Waals surface area contributed by atoms with Gasteiger partial charge in [0.15, 0.2) is 0 Å². The molecule has 0 amide bonds. The van der Waals surface area contributed by atoms with Crippen molar-refractivity contribution in [2.24, 2.45) is 5.73 Å². The first-order chi connectivity index (χ1) is 7.54. The minimum absolute atomic E-state index is 0.0214. The van der Waals surface area contributed by atoms with Gasteiger partial charge in [0.05, 0.1) is 10.7 Å². The van der Waals surface area contributed by atoms with Gasteiger partial charge in [-0.05, 0) is 18.2 Å². The number of hydrogen-bond donors (Lipinski definition) is 2. The van der Waals surface area contributed by atoms with Crippen molar-refractivity contribution in [1.29, 1.82) is 5.26 Å². The van der Waals surface area contributed by atoms with Crippen LogP contribution in [0.1, 0.15) is 0 Å². The normalized spacial score (nSPS) is 10.7. The molecule has 0 aromatic heterocycles. The fraction of sp³-hybridized carbons (Fsp3) is 0. The molecule has 0 aliphatic rings. The number of benzene rings is 1. The molecule has 3 nitrogen and oxygen atoms in total. The Morgan fingerprint density at radius 1 is 1.50 bits per heavy atom. The zero-order valence-electron chi connectivity index (χ0n) is 8.00. The van der Waals surface area contributed by atoms with Crippen molar-refractivity contribution in [2.45, 2.75) is 0 Å². The van der Waals surface area contributed by atoms with E-state index in [0.717, 1.165) is 0 Å². The number of nitrogens with two attached hydrogens (primary N) is 1. The third kappa shape index (κ3) is 3.38. The third-order valence-corrected chi connectivity index (χ3v) is 2.47. The molecule has 0 unspecified atom stereocenters. The molecule has 1 rings (SSSR count). The number of halogens is 2. The minimum atomic E-state index is 0.0214. The molecule has 82 valence electrons. The van der Waals surface area contributed by atoms with Gasteiger partial charge in [-0.15, -0.1) is 0 Å². The molecule has 16 heavy (non-hydrogen) atoms. The molecule has 0 atom stereocenters. The Morgan fingerprint density at radius 2 is 2.19 bits per heavy atom. The number of hydrogen-bond acceptors (Lipinski definition) is 3. The fourth-order valence-corrected chi connectivity index (χ4v) is 1.37. The Balaban J connectivity index is 2.94. The molecule has 1 aromatic rings. The first-order valence-corrected chi connectivity index (χ1v) is 5.32. The van der Waals surface area contributed by atoms with E-state index in [2.05, 4.69) is 17.5 Å². The molecule has 0 fully saturated rings. The molecule has 1 aromatic carbocycles. The Hall–Kier alpha value is -1.28. The summed E-state index contributed by atoms with van der Waals surface area (Å²) >= 11 is 16.4. The highest BCUT2D eigenvalue weighted by atomic mass is 35.5. The van der Waals surface area contributed by atoms with Gasteiger partial charge in [0.2, 0.25) is 0 Å². The first-order valence-electron chi connectivity index (χ1n) is 4.16. The molecule has 0 saturated heterocycles. The Labute approximate surface area is 108 Å². The Kier molecular flexibility index (Phi) is 4.56. The predicted octanol–water partition coefficient (Wildman–Crippen LogP) is 3.10. The molecule has 0 bridgehead atoms. The van der Waals surface area contributed by atoms with E-state index in [1.165, 1.54) is 6.20 Å². The van der Waals surface area contributed by atoms with Crippen LogP contribution in [0.4, 0.5) is 5.69 Å². The van der Waals surface area contributed by atoms with Gasteiger partial charge in [-0.25, -0.2) is 0 Å². The van der Waals surface area contributed by atoms with E-state index in [1.807, 2.05) is 6.07 Å². The smallest absolute Gasteiger partial charge is 0.116 e. The SMILES string of the molecule is N#C/C(=C/Nc1cc(Cl)ccc1Cl)C(N)=S. The highest BCUT2D eigenvalue weighted by Gasteiger charge is 2.01. The first kappa shape index (κ1) is 12.8. The van der Waals surface area contributed by atoms with Gasteiger partial charge in [-0.2, -0.15) is 5.26 Å². The summed E-state index contributed by atoms with van der Waals surface area (Å²) < 4.78 is 0. The zero-order chi connectivity index (χ0) is 12.1. The van der Waals surface area contributed by atoms with Crippen LogP contribution in [-0.4, -0.2) is 4.99 Å². The number of rotatable bonds is 3. The van der Waals surface area contributed by atoms with Gasteiger partial charge in [0.1, 0.15) is 16.6 Å². The predicted molar refractivity (Wildman–Crippen MR) is 70.6 cm³/mol. The van der Waals surface area contributed by atoms with E-state index in [9.17, 15) is 0 Å². The van der Waals surface area contributed by atoms with E-state index in [4.69, 9.17) is 34.2 Å². The number of anilines is 1. The van der Waals surface area contributed by atoms with E-state index < -0.39 is 0 Å². The van der Waals surface area contributed by atoms with Gasteiger partial charge >= 0.3 is 0 Å². The number of thiocarbonyl (C=S) groups is 1. The monoisotopic (exact) mass is 271 g/mol. The highest BCUT2D eigenvalue weighted by Crippen LogP contribution is 2.25. The van der Waals surface area contributed by atoms with Crippen LogP contribution in [0, 0.1) is 11.3 Å². The number of nitrogens with zero attached hydrogens (tertiary/aromatic N) is 1. The highest BCUT2D eigenvalue weighted by molar-refractivity contribution is 7.80. The standard InChI is InChI=1S/C10H7Cl2N3S/c11-7-1-2-8(12)9(3-7)15-5-6(4-13)10(14)16/h1-3,5,15H,(H2,14,16)/b6-5-. The summed E-state index contributed by atoms with van der Waals surface area (Å²) in [4.78, 5) is 0.0214. The van der Waals surface area contributed by atoms with Crippen molar-refractivity contribution in [3.8, 4) is 6.07 Å². The molecule has 6 heteroatoms. The van der Waals surface area contributed by atoms with Gasteiger partial charge in [0, 0.05) is 11.2 Å². The van der Waals surface area contributed by atoms with Gasteiger partial charge < -0.3 is 11.1 Å². The van der Waals surface area contributed by atoms with Crippen LogP contribution in [0.3, 0.4) is 0 Å². The maximum Gasteiger partial charge on any atom is 0.116 e. The van der Waals surface area contributed by atoms with E-state index >= 15 is 0 Å². The van der Waals surface area contributed by atoms with E-state index in [-0.39, 0.29) is 10.6 Å². The average molecular weight is 272 g/mol. The second-order valence-electron chi connectivity index (χ2n) is 2.80. The van der Waals surface area contributed by atoms with Crippen molar-refractivity contribution in [1.82, 2.24) is 0 Å². The maximum atomic E-state index is 8.71. The lowest BCUT2D eigenvalue weighted by atomic mass is 10.3. The van der Waals surface area contributed by atoms with E-state index in [1.54, 1.807) is 18.2 Å². The minimum Gasteiger partial charge on any atom is -0.389 e. The second-order valence-corrected chi connectivity index (χ2v) is 4.09. The van der Waals surface area contributed by atoms with E-state index in [0.29, 0.717) is 15.7 Å². The van der Waals surface area contributed by atoms with Crippen LogP contribution >= 0.6 is 35.4 Å². The summed E-state index contributed by atoms with van der Waals surface area (Å²) in [6, 6.07) is 6.81. The molecule has 0 aliphatic carbocycles. The molecule has 0 aliphatic heterocycles. The lowest BCUT2D eigenvalue weighted by Crippen LogP contribution is -2.11. The van der Waals surface area contributed by atoms with Crippen molar-refractivity contribution in [3.63, 3.8) is 0 Å². The summed E-state index contributed by atoms with van der Waals surface area (Å²) in [7, 11) is 0. The van der Waals surface area contributed by atoms with Crippen molar-refractivity contribution in [3.05, 3.63) is 40.0 Å². The Bertz CT molecular complexity index is 491. The van der Waals surface area contributed by atoms with Crippen LogP contribution in [0.15, 0.2) is 30.0 Å². The molecule has 0 saturated carbocycles. The van der Waals surface area contributed by atoms with Crippen molar-refractivity contribution < 1.29 is 0 Å². The zero-order valence-corrected chi connectivity index (χ0v) is 10.3. The average Bonchev–Trinajstić information content (AvgIpc) is 2.23. The molecule has 0 spiro atoms. The summed E-state index contributed by atoms with van der Waals surface area (Å²) in [6.07, 6.45) is 1.39. The molecule has 0 heterocycles. The van der Waals surface area contributed by atoms with Crippen LogP contribution in [-0.2, 0) is 0 Å². The number of nitriles is 1. The largest absolute Gasteiger partial charge is 0.389 e. The van der Waals surface area contributed by atoms with Gasteiger partial charge in [0.25, 0.3) is 0 Å². The maximum absolute atomic E-state index is 8.71. The summed E-state index contributed by atoms with van der Waals surface area (Å²) in [5.41, 5.74) is 6.07. The summed E-state index contributed by atoms with van der Waals surface area (Å²) in [5, 5.41) is 12.6.